The first-order valence-corrected chi connectivity index (χ1v) is 10.7. The van der Waals surface area contributed by atoms with Gasteiger partial charge in [-0.25, -0.2) is 0 Å². The van der Waals surface area contributed by atoms with E-state index in [9.17, 15) is 15.8 Å². The summed E-state index contributed by atoms with van der Waals surface area (Å²) in [4.78, 5) is 0. The zero-order valence-electron chi connectivity index (χ0n) is 18.9. The Morgan fingerprint density at radius 3 is 2.06 bits per heavy atom. The van der Waals surface area contributed by atoms with Crippen molar-refractivity contribution in [2.75, 3.05) is 7.11 Å². The van der Waals surface area contributed by atoms with Crippen LogP contribution in [-0.2, 0) is 15.3 Å². The molecule has 2 bridgehead atoms. The van der Waals surface area contributed by atoms with Gasteiger partial charge in [-0.3, -0.25) is 5.41 Å². The van der Waals surface area contributed by atoms with E-state index in [4.69, 9.17) is 19.6 Å². The molecule has 0 aromatic heterocycles. The molecule has 4 atom stereocenters. The maximum absolute atomic E-state index is 10.4. The number of benzene rings is 2. The molecular weight excluding hydrogens is 416 g/mol. The predicted octanol–water partition coefficient (Wildman–Crippen LogP) is 4.93. The van der Waals surface area contributed by atoms with Gasteiger partial charge in [0.15, 0.2) is 5.41 Å². The molecule has 2 saturated heterocycles. The molecule has 7 heteroatoms. The Kier molecular flexibility index (Phi) is 5.16. The fourth-order valence-electron chi connectivity index (χ4n) is 5.05. The Morgan fingerprint density at radius 1 is 0.970 bits per heavy atom. The molecule has 166 valence electrons. The van der Waals surface area contributed by atoms with Crippen LogP contribution in [-0.4, -0.2) is 13.0 Å². The van der Waals surface area contributed by atoms with Crippen LogP contribution in [0.4, 0.5) is 0 Å². The van der Waals surface area contributed by atoms with Crippen LogP contribution < -0.4 is 4.74 Å². The molecule has 2 aromatic rings. The molecule has 2 heterocycles. The van der Waals surface area contributed by atoms with E-state index in [-0.39, 0.29) is 0 Å². The lowest BCUT2D eigenvalue weighted by atomic mass is 9.53. The van der Waals surface area contributed by atoms with Gasteiger partial charge < -0.3 is 14.2 Å². The van der Waals surface area contributed by atoms with Gasteiger partial charge in [-0.1, -0.05) is 45.0 Å². The maximum atomic E-state index is 10.4. The van der Waals surface area contributed by atoms with E-state index in [1.54, 1.807) is 38.3 Å². The van der Waals surface area contributed by atoms with Crippen molar-refractivity contribution >= 4 is 5.90 Å². The highest BCUT2D eigenvalue weighted by molar-refractivity contribution is 5.89. The second kappa shape index (κ2) is 7.62. The van der Waals surface area contributed by atoms with E-state index >= 15 is 0 Å². The predicted molar refractivity (Wildman–Crippen MR) is 119 cm³/mol. The fourth-order valence-corrected chi connectivity index (χ4v) is 5.05. The van der Waals surface area contributed by atoms with Crippen LogP contribution in [0.25, 0.3) is 0 Å². The summed E-state index contributed by atoms with van der Waals surface area (Å²) in [5.41, 5.74) is -1.56. The normalized spacial score (nSPS) is 29.5. The third-order valence-corrected chi connectivity index (χ3v) is 7.07. The Labute approximate surface area is 193 Å². The summed E-state index contributed by atoms with van der Waals surface area (Å²) in [6.07, 6.45) is -1.12. The molecule has 0 aliphatic carbocycles. The van der Waals surface area contributed by atoms with E-state index in [0.29, 0.717) is 22.8 Å². The highest BCUT2D eigenvalue weighted by Gasteiger charge is 2.79. The SMILES string of the molecule is COc1ccc(C23OC(=N)C(C#N)(C2C)C(C#N)(C#N)C(c2ccc(C(C)C)cc2)O3)cc1. The number of nitriles is 3. The number of nitrogens with one attached hydrogen (secondary N) is 1. The lowest BCUT2D eigenvalue weighted by Gasteiger charge is -2.48. The second-order valence-electron chi connectivity index (χ2n) is 8.82. The van der Waals surface area contributed by atoms with Gasteiger partial charge in [0.25, 0.3) is 0 Å². The van der Waals surface area contributed by atoms with Crippen LogP contribution in [0.15, 0.2) is 48.5 Å². The highest BCUT2D eigenvalue weighted by Crippen LogP contribution is 2.69. The third-order valence-electron chi connectivity index (χ3n) is 7.07. The van der Waals surface area contributed by atoms with Gasteiger partial charge in [-0.05, 0) is 41.3 Å². The number of hydrogen-bond acceptors (Lipinski definition) is 7. The molecule has 4 unspecified atom stereocenters. The lowest BCUT2D eigenvalue weighted by Crippen LogP contribution is -2.57. The first-order chi connectivity index (χ1) is 15.8. The minimum atomic E-state index is -1.98. The second-order valence-corrected chi connectivity index (χ2v) is 8.82. The van der Waals surface area contributed by atoms with Crippen LogP contribution >= 0.6 is 0 Å². The van der Waals surface area contributed by atoms with Gasteiger partial charge >= 0.3 is 0 Å². The minimum Gasteiger partial charge on any atom is -0.497 e. The van der Waals surface area contributed by atoms with E-state index in [0.717, 1.165) is 5.56 Å². The summed E-state index contributed by atoms with van der Waals surface area (Å²) < 4.78 is 17.8. The zero-order chi connectivity index (χ0) is 24.0. The van der Waals surface area contributed by atoms with E-state index in [1.165, 1.54) is 0 Å². The summed E-state index contributed by atoms with van der Waals surface area (Å²) in [6.45, 7) is 5.83. The third kappa shape index (κ3) is 2.72. The summed E-state index contributed by atoms with van der Waals surface area (Å²) >= 11 is 0. The number of methoxy groups -OCH3 is 1. The Hall–Kier alpha value is -3.86. The molecule has 7 nitrogen and oxygen atoms in total. The molecule has 4 rings (SSSR count). The van der Waals surface area contributed by atoms with Crippen LogP contribution in [0.2, 0.25) is 0 Å². The summed E-state index contributed by atoms with van der Waals surface area (Å²) in [7, 11) is 1.56. The first-order valence-electron chi connectivity index (χ1n) is 10.7. The molecule has 33 heavy (non-hydrogen) atoms. The summed E-state index contributed by atoms with van der Waals surface area (Å²) in [5, 5.41) is 39.7. The minimum absolute atomic E-state index is 0.298. The largest absolute Gasteiger partial charge is 0.497 e. The summed E-state index contributed by atoms with van der Waals surface area (Å²) in [5.74, 6) is -1.83. The maximum Gasteiger partial charge on any atom is 0.244 e. The molecule has 0 spiro atoms. The van der Waals surface area contributed by atoms with Gasteiger partial charge in [0.2, 0.25) is 17.1 Å². The molecule has 0 radical (unpaired) electrons. The molecular formula is C26H24N4O3. The first kappa shape index (κ1) is 22.3. The molecule has 2 fully saturated rings. The number of ether oxygens (including phenoxy) is 3. The van der Waals surface area contributed by atoms with Gasteiger partial charge in [-0.15, -0.1) is 0 Å². The van der Waals surface area contributed by atoms with Crippen molar-refractivity contribution in [3.05, 3.63) is 65.2 Å². The van der Waals surface area contributed by atoms with Crippen LogP contribution in [0, 0.1) is 56.2 Å². The van der Waals surface area contributed by atoms with E-state index < -0.39 is 34.5 Å². The van der Waals surface area contributed by atoms with Crippen molar-refractivity contribution in [1.29, 1.82) is 21.2 Å². The van der Waals surface area contributed by atoms with Gasteiger partial charge in [0, 0.05) is 5.56 Å². The van der Waals surface area contributed by atoms with Crippen LogP contribution in [0.5, 0.6) is 5.75 Å². The molecule has 1 N–H and O–H groups in total. The van der Waals surface area contributed by atoms with Crippen LogP contribution in [0.1, 0.15) is 49.5 Å². The topological polar surface area (TPSA) is 123 Å². The number of fused-ring (bicyclic) bond motifs is 2. The highest BCUT2D eigenvalue weighted by atomic mass is 16.7. The average Bonchev–Trinajstić information content (AvgIpc) is 3.00. The quantitative estimate of drug-likeness (QED) is 0.719. The van der Waals surface area contributed by atoms with Gasteiger partial charge in [0.05, 0.1) is 31.2 Å². The van der Waals surface area contributed by atoms with Crippen LogP contribution in [0.3, 0.4) is 0 Å². The Bertz CT molecular complexity index is 1200. The molecule has 0 amide bonds. The standard InChI is InChI=1S/C26H24N4O3/c1-16(2)18-5-7-19(8-6-18)22-24(13-27,14-28)25(15-29)17(3)26(32-22,33-23(25)30)20-9-11-21(31-4)12-10-20/h5-12,16-17,22,30H,1-4H3. The smallest absolute Gasteiger partial charge is 0.244 e. The Balaban J connectivity index is 1.97. The Morgan fingerprint density at radius 2 is 1.58 bits per heavy atom. The monoisotopic (exact) mass is 440 g/mol. The lowest BCUT2D eigenvalue weighted by molar-refractivity contribution is -0.288. The van der Waals surface area contributed by atoms with Crippen molar-refractivity contribution in [3.8, 4) is 24.0 Å². The van der Waals surface area contributed by atoms with Crippen molar-refractivity contribution in [2.45, 2.75) is 38.6 Å². The summed E-state index contributed by atoms with van der Waals surface area (Å²) in [6, 6.07) is 20.7. The van der Waals surface area contributed by atoms with Gasteiger partial charge in [-0.2, -0.15) is 15.8 Å². The van der Waals surface area contributed by atoms with Crippen molar-refractivity contribution in [1.82, 2.24) is 0 Å². The number of hydrogen-bond donors (Lipinski definition) is 1. The average molecular weight is 441 g/mol. The molecule has 0 saturated carbocycles. The number of nitrogens with zero attached hydrogens (tertiary/aromatic N) is 3. The van der Waals surface area contributed by atoms with Crippen molar-refractivity contribution in [2.24, 2.45) is 16.7 Å². The molecule has 2 aliphatic rings. The van der Waals surface area contributed by atoms with E-state index in [1.807, 2.05) is 24.3 Å². The van der Waals surface area contributed by atoms with E-state index in [2.05, 4.69) is 32.1 Å². The van der Waals surface area contributed by atoms with Crippen molar-refractivity contribution < 1.29 is 14.2 Å². The zero-order valence-corrected chi connectivity index (χ0v) is 18.9. The number of rotatable bonds is 4. The fraction of sp³-hybridized carbons (Fsp3) is 0.385. The van der Waals surface area contributed by atoms with Crippen molar-refractivity contribution in [3.63, 3.8) is 0 Å². The van der Waals surface area contributed by atoms with Gasteiger partial charge in [0.1, 0.15) is 11.9 Å². The molecule has 2 aromatic carbocycles. The molecule has 2 aliphatic heterocycles.